The van der Waals surface area contributed by atoms with Gasteiger partial charge in [0, 0.05) is 67.3 Å². The van der Waals surface area contributed by atoms with Crippen molar-refractivity contribution in [3.05, 3.63) is 36.4 Å². The second kappa shape index (κ2) is 26.6. The van der Waals surface area contributed by atoms with Crippen LogP contribution in [-0.2, 0) is 55.9 Å². The number of imidazole rings is 2. The lowest BCUT2D eigenvalue weighted by Crippen LogP contribution is -2.66. The Bertz CT molecular complexity index is 2190. The molecule has 4 heterocycles. The van der Waals surface area contributed by atoms with Crippen molar-refractivity contribution in [1.29, 1.82) is 0 Å². The molecule has 7 amide bonds. The molecule has 2 aliphatic heterocycles. The number of ether oxygens (including phenoxy) is 1. The number of hydrogen-bond donors (Lipinski definition) is 14. The molecule has 11 atom stereocenters. The van der Waals surface area contributed by atoms with Crippen molar-refractivity contribution in [2.45, 2.75) is 158 Å². The minimum atomic E-state index is -2.39. The van der Waals surface area contributed by atoms with Gasteiger partial charge in [-0.3, -0.25) is 38.5 Å². The number of carboxylic acid groups (broad SMARTS) is 1. The van der Waals surface area contributed by atoms with Gasteiger partial charge in [0.25, 0.3) is 0 Å². The number of aliphatic hydroxyl groups is 5. The van der Waals surface area contributed by atoms with E-state index in [1.807, 2.05) is 0 Å². The zero-order valence-corrected chi connectivity index (χ0v) is 42.3. The SMILES string of the molecule is CC(C)CC(NC(=O)C(Cc1cnc[nH]1)NC(=O)C(NCC1(O)OCC(O)C(O)C1O)C(C)C)C(=O)NC(C(=O)NC(CSC1CC(=O)N(C2CCC(C(=O)NCCc3cnc[nH]3)CC2)C1=O)C(=O)O)C(C)O. The minimum absolute atomic E-state index is 0.00229. The zero-order valence-electron chi connectivity index (χ0n) is 41.5. The van der Waals surface area contributed by atoms with Crippen LogP contribution < -0.4 is 31.9 Å². The predicted octanol–water partition coefficient (Wildman–Crippen LogP) is -3.68. The third-order valence-electron chi connectivity index (χ3n) is 13.1. The van der Waals surface area contributed by atoms with Gasteiger partial charge in [-0.2, -0.15) is 0 Å². The Hall–Kier alpha value is -5.55. The maximum atomic E-state index is 14.1. The highest BCUT2D eigenvalue weighted by Gasteiger charge is 2.49. The summed E-state index contributed by atoms with van der Waals surface area (Å²) in [5, 5.41) is 77.0. The number of aliphatic carboxylic acids is 1. The van der Waals surface area contributed by atoms with Crippen molar-refractivity contribution in [3.8, 4) is 0 Å². The van der Waals surface area contributed by atoms with Crippen molar-refractivity contribution in [2.75, 3.05) is 25.4 Å². The van der Waals surface area contributed by atoms with Gasteiger partial charge in [0.2, 0.25) is 47.1 Å². The van der Waals surface area contributed by atoms with Gasteiger partial charge in [0.1, 0.15) is 42.5 Å². The fourth-order valence-electron chi connectivity index (χ4n) is 8.92. The van der Waals surface area contributed by atoms with Crippen molar-refractivity contribution in [1.82, 2.24) is 56.7 Å². The number of carboxylic acids is 1. The Kier molecular flexibility index (Phi) is 21.3. The Morgan fingerprint density at radius 3 is 2.03 bits per heavy atom. The molecule has 3 aliphatic rings. The summed E-state index contributed by atoms with van der Waals surface area (Å²) in [4.78, 5) is 123. The molecule has 27 heteroatoms. The Balaban J connectivity index is 1.17. The number of aromatic amines is 2. The number of rotatable bonds is 26. The van der Waals surface area contributed by atoms with Gasteiger partial charge < -0.3 is 77.2 Å². The average Bonchev–Trinajstić information content (AvgIpc) is 4.12. The number of amides is 7. The molecule has 3 fully saturated rings. The first-order valence-corrected chi connectivity index (χ1v) is 25.5. The highest BCUT2D eigenvalue weighted by atomic mass is 32.2. The topological polar surface area (TPSA) is 400 Å². The number of nitrogens with one attached hydrogen (secondary N) is 8. The van der Waals surface area contributed by atoms with Crippen molar-refractivity contribution < 1.29 is 73.7 Å². The largest absolute Gasteiger partial charge is 0.480 e. The van der Waals surface area contributed by atoms with Gasteiger partial charge in [0.15, 0.2) is 0 Å². The van der Waals surface area contributed by atoms with E-state index in [0.717, 1.165) is 17.5 Å². The van der Waals surface area contributed by atoms with Crippen LogP contribution in [0.1, 0.15) is 84.5 Å². The van der Waals surface area contributed by atoms with Crippen molar-refractivity contribution in [2.24, 2.45) is 17.8 Å². The first-order valence-electron chi connectivity index (χ1n) is 24.4. The van der Waals surface area contributed by atoms with Crippen LogP contribution in [0, 0.1) is 17.8 Å². The number of aromatic nitrogens is 4. The predicted molar refractivity (Wildman–Crippen MR) is 258 cm³/mol. The Morgan fingerprint density at radius 1 is 0.836 bits per heavy atom. The van der Waals surface area contributed by atoms with E-state index in [-0.39, 0.29) is 42.8 Å². The van der Waals surface area contributed by atoms with E-state index >= 15 is 0 Å². The van der Waals surface area contributed by atoms with Crippen LogP contribution in [-0.4, -0.2) is 200 Å². The summed E-state index contributed by atoms with van der Waals surface area (Å²) >= 11 is 0.868. The van der Waals surface area contributed by atoms with Gasteiger partial charge in [-0.15, -0.1) is 11.8 Å². The van der Waals surface area contributed by atoms with E-state index in [4.69, 9.17) is 4.74 Å². The molecule has 2 aromatic heterocycles. The molecule has 2 aromatic rings. The van der Waals surface area contributed by atoms with E-state index in [1.165, 1.54) is 24.3 Å². The smallest absolute Gasteiger partial charge is 0.327 e. The lowest BCUT2D eigenvalue weighted by Gasteiger charge is -2.42. The van der Waals surface area contributed by atoms with Crippen LogP contribution in [0.25, 0.3) is 0 Å². The number of aliphatic hydroxyl groups excluding tert-OH is 4. The van der Waals surface area contributed by atoms with E-state index < -0.39 is 132 Å². The second-order valence-electron chi connectivity index (χ2n) is 19.7. The number of imide groups is 1. The minimum Gasteiger partial charge on any atom is -0.480 e. The maximum Gasteiger partial charge on any atom is 0.327 e. The standard InChI is InChI=1S/C46H71N11O15S/c1-22(2)12-29(53-40(64)30(13-27-16-48-21-52-27)54-42(66)35(23(3)4)50-19-46(71)38(62)37(61)32(59)17-72-46)41(65)56-36(24(5)58)43(67)55-31(45(69)70)18-73-33-14-34(60)57(44(33)68)28-8-6-25(7-9-28)39(63)49-11-10-26-15-47-20-51-26/h15-16,20-25,28-33,35-38,50,58-59,61-62,71H,6-14,17-19H2,1-5H3,(H,47,51)(H,48,52)(H,49,63)(H,53,64)(H,54,66)(H,55,67)(H,56,65)(H,69,70). The summed E-state index contributed by atoms with van der Waals surface area (Å²) in [7, 11) is 0. The molecule has 14 N–H and O–H groups in total. The summed E-state index contributed by atoms with van der Waals surface area (Å²) < 4.78 is 5.21. The highest BCUT2D eigenvalue weighted by Crippen LogP contribution is 2.34. The molecule has 26 nitrogen and oxygen atoms in total. The molecular weight excluding hydrogens is 979 g/mol. The molecular formula is C46H71N11O15S. The van der Waals surface area contributed by atoms with Crippen molar-refractivity contribution in [3.63, 3.8) is 0 Å². The van der Waals surface area contributed by atoms with E-state index in [2.05, 4.69) is 51.8 Å². The van der Waals surface area contributed by atoms with Crippen LogP contribution in [0.3, 0.4) is 0 Å². The number of carbonyl (C=O) groups is 8. The fourth-order valence-corrected chi connectivity index (χ4v) is 10.1. The van der Waals surface area contributed by atoms with Gasteiger partial charge in [-0.1, -0.05) is 27.7 Å². The van der Waals surface area contributed by atoms with Crippen LogP contribution in [0.5, 0.6) is 0 Å². The third kappa shape index (κ3) is 16.0. The molecule has 73 heavy (non-hydrogen) atoms. The highest BCUT2D eigenvalue weighted by molar-refractivity contribution is 8.00. The summed E-state index contributed by atoms with van der Waals surface area (Å²) in [6.45, 7) is 7.36. The third-order valence-corrected chi connectivity index (χ3v) is 14.4. The first-order chi connectivity index (χ1) is 34.5. The number of hydrogen-bond acceptors (Lipinski definition) is 18. The summed E-state index contributed by atoms with van der Waals surface area (Å²) in [5.74, 6) is -9.91. The quantitative estimate of drug-likeness (QED) is 0.0404. The van der Waals surface area contributed by atoms with Gasteiger partial charge in [0.05, 0.1) is 43.2 Å². The fraction of sp³-hybridized carbons (Fsp3) is 0.696. The lowest BCUT2D eigenvalue weighted by atomic mass is 9.84. The number of carbonyl (C=O) groups excluding carboxylic acids is 7. The number of thioether (sulfide) groups is 1. The molecule has 11 unspecified atom stereocenters. The molecule has 1 aliphatic carbocycles. The molecule has 2 saturated heterocycles. The Morgan fingerprint density at radius 2 is 1.44 bits per heavy atom. The summed E-state index contributed by atoms with van der Waals surface area (Å²) in [5.41, 5.74) is 1.30. The van der Waals surface area contributed by atoms with Gasteiger partial charge in [-0.05, 0) is 50.9 Å². The van der Waals surface area contributed by atoms with Gasteiger partial charge in [-0.25, -0.2) is 14.8 Å². The number of nitrogens with zero attached hydrogens (tertiary/aromatic N) is 3. The molecule has 406 valence electrons. The molecule has 0 aromatic carbocycles. The second-order valence-corrected chi connectivity index (χ2v) is 20.9. The molecule has 1 saturated carbocycles. The molecule has 0 radical (unpaired) electrons. The molecule has 0 spiro atoms. The van der Waals surface area contributed by atoms with Crippen molar-refractivity contribution >= 4 is 59.1 Å². The van der Waals surface area contributed by atoms with E-state index in [1.54, 1.807) is 40.2 Å². The molecule has 5 rings (SSSR count). The van der Waals surface area contributed by atoms with E-state index in [9.17, 15) is 69.0 Å². The summed E-state index contributed by atoms with van der Waals surface area (Å²) in [6.07, 6.45) is 1.27. The van der Waals surface area contributed by atoms with Crippen LogP contribution in [0.4, 0.5) is 0 Å². The lowest BCUT2D eigenvalue weighted by molar-refractivity contribution is -0.318. The number of likely N-dealkylation sites (tertiary alicyclic amines) is 1. The Labute approximate surface area is 425 Å². The zero-order chi connectivity index (χ0) is 53.7. The number of H-pyrrole nitrogens is 2. The van der Waals surface area contributed by atoms with Crippen LogP contribution in [0.2, 0.25) is 0 Å². The van der Waals surface area contributed by atoms with E-state index in [0.29, 0.717) is 44.3 Å². The molecule has 0 bridgehead atoms. The van der Waals surface area contributed by atoms with Crippen LogP contribution >= 0.6 is 11.8 Å². The average molecular weight is 1050 g/mol. The maximum absolute atomic E-state index is 14.1. The first kappa shape index (κ1) is 58.3. The van der Waals surface area contributed by atoms with Gasteiger partial charge >= 0.3 is 5.97 Å². The monoisotopic (exact) mass is 1050 g/mol. The van der Waals surface area contributed by atoms with Crippen LogP contribution in [0.15, 0.2) is 25.0 Å². The normalized spacial score (nSPS) is 25.8. The summed E-state index contributed by atoms with van der Waals surface area (Å²) in [6, 6.07) is -7.68.